The molecular formula is C15H18ClN5OS. The molecule has 0 radical (unpaired) electrons. The van der Waals surface area contributed by atoms with E-state index in [1.807, 2.05) is 24.0 Å². The second kappa shape index (κ2) is 7.14. The van der Waals surface area contributed by atoms with Gasteiger partial charge in [-0.25, -0.2) is 0 Å². The number of anilines is 2. The Bertz CT molecular complexity index is 667. The molecule has 0 atom stereocenters. The molecule has 0 unspecified atom stereocenters. The quantitative estimate of drug-likeness (QED) is 0.917. The van der Waals surface area contributed by atoms with Crippen LogP contribution in [0.2, 0.25) is 4.34 Å². The molecule has 1 amide bonds. The van der Waals surface area contributed by atoms with Crippen LogP contribution in [0.25, 0.3) is 0 Å². The summed E-state index contributed by atoms with van der Waals surface area (Å²) in [6.07, 6.45) is 0. The van der Waals surface area contributed by atoms with Crippen molar-refractivity contribution in [1.82, 2.24) is 15.1 Å². The number of amides is 1. The van der Waals surface area contributed by atoms with E-state index < -0.39 is 0 Å². The lowest BCUT2D eigenvalue weighted by Gasteiger charge is -2.35. The molecule has 3 heterocycles. The van der Waals surface area contributed by atoms with Crippen LogP contribution in [-0.2, 0) is 0 Å². The SMILES string of the molecule is CCNc1ccc(N2CCN(C(=O)c3ccc(Cl)s3)CC2)nn1. The Morgan fingerprint density at radius 2 is 2.00 bits per heavy atom. The highest BCUT2D eigenvalue weighted by Gasteiger charge is 2.23. The van der Waals surface area contributed by atoms with Crippen molar-refractivity contribution in [2.45, 2.75) is 6.92 Å². The van der Waals surface area contributed by atoms with Gasteiger partial charge in [-0.05, 0) is 31.2 Å². The van der Waals surface area contributed by atoms with E-state index in [2.05, 4.69) is 20.4 Å². The number of hydrogen-bond acceptors (Lipinski definition) is 6. The number of aromatic nitrogens is 2. The maximum absolute atomic E-state index is 12.4. The summed E-state index contributed by atoms with van der Waals surface area (Å²) in [5.41, 5.74) is 0. The first-order valence-corrected chi connectivity index (χ1v) is 8.74. The molecule has 8 heteroatoms. The molecule has 3 rings (SSSR count). The summed E-state index contributed by atoms with van der Waals surface area (Å²) in [5.74, 6) is 1.67. The van der Waals surface area contributed by atoms with Crippen molar-refractivity contribution in [2.24, 2.45) is 0 Å². The topological polar surface area (TPSA) is 61.4 Å². The highest BCUT2D eigenvalue weighted by atomic mass is 35.5. The van der Waals surface area contributed by atoms with Crippen LogP contribution in [0.5, 0.6) is 0 Å². The third kappa shape index (κ3) is 3.73. The lowest BCUT2D eigenvalue weighted by Crippen LogP contribution is -2.49. The Morgan fingerprint density at radius 1 is 1.22 bits per heavy atom. The van der Waals surface area contributed by atoms with Gasteiger partial charge >= 0.3 is 0 Å². The Hall–Kier alpha value is -1.86. The maximum atomic E-state index is 12.4. The predicted octanol–water partition coefficient (Wildman–Crippen LogP) is 2.59. The number of thiophene rings is 1. The summed E-state index contributed by atoms with van der Waals surface area (Å²) in [6.45, 7) is 5.68. The normalized spacial score (nSPS) is 14.9. The van der Waals surface area contributed by atoms with Crippen molar-refractivity contribution in [1.29, 1.82) is 0 Å². The van der Waals surface area contributed by atoms with E-state index in [0.29, 0.717) is 22.3 Å². The molecule has 1 aliphatic rings. The van der Waals surface area contributed by atoms with E-state index in [0.717, 1.165) is 31.3 Å². The van der Waals surface area contributed by atoms with E-state index in [-0.39, 0.29) is 5.91 Å². The minimum Gasteiger partial charge on any atom is -0.369 e. The van der Waals surface area contributed by atoms with Gasteiger partial charge in [-0.3, -0.25) is 4.79 Å². The zero-order valence-corrected chi connectivity index (χ0v) is 14.4. The van der Waals surface area contributed by atoms with Crippen LogP contribution < -0.4 is 10.2 Å². The van der Waals surface area contributed by atoms with E-state index in [9.17, 15) is 4.79 Å². The molecule has 6 nitrogen and oxygen atoms in total. The van der Waals surface area contributed by atoms with Crippen LogP contribution in [0.3, 0.4) is 0 Å². The molecule has 2 aromatic heterocycles. The molecule has 0 aliphatic carbocycles. The van der Waals surface area contributed by atoms with Crippen LogP contribution in [0.15, 0.2) is 24.3 Å². The summed E-state index contributed by atoms with van der Waals surface area (Å²) < 4.78 is 0.642. The van der Waals surface area contributed by atoms with Gasteiger partial charge < -0.3 is 15.1 Å². The number of nitrogens with one attached hydrogen (secondary N) is 1. The molecular weight excluding hydrogens is 334 g/mol. The van der Waals surface area contributed by atoms with Crippen LogP contribution in [0.1, 0.15) is 16.6 Å². The molecule has 0 bridgehead atoms. The molecule has 0 spiro atoms. The lowest BCUT2D eigenvalue weighted by molar-refractivity contribution is 0.0751. The zero-order valence-electron chi connectivity index (χ0n) is 12.8. The number of piperazine rings is 1. The molecule has 122 valence electrons. The van der Waals surface area contributed by atoms with Gasteiger partial charge in [-0.15, -0.1) is 21.5 Å². The highest BCUT2D eigenvalue weighted by Crippen LogP contribution is 2.23. The van der Waals surface area contributed by atoms with Crippen LogP contribution >= 0.6 is 22.9 Å². The van der Waals surface area contributed by atoms with Gasteiger partial charge in [0.2, 0.25) is 0 Å². The van der Waals surface area contributed by atoms with E-state index in [1.54, 1.807) is 12.1 Å². The van der Waals surface area contributed by atoms with Crippen molar-refractivity contribution in [3.05, 3.63) is 33.5 Å². The van der Waals surface area contributed by atoms with Gasteiger partial charge in [0, 0.05) is 32.7 Å². The molecule has 1 aliphatic heterocycles. The number of nitrogens with zero attached hydrogens (tertiary/aromatic N) is 4. The summed E-state index contributed by atoms with van der Waals surface area (Å²) in [4.78, 5) is 17.1. The molecule has 1 N–H and O–H groups in total. The fourth-order valence-electron chi connectivity index (χ4n) is 2.49. The summed E-state index contributed by atoms with van der Waals surface area (Å²) in [7, 11) is 0. The van der Waals surface area contributed by atoms with Crippen molar-refractivity contribution >= 4 is 40.5 Å². The first kappa shape index (κ1) is 16.0. The average molecular weight is 352 g/mol. The van der Waals surface area contributed by atoms with Crippen molar-refractivity contribution in [3.63, 3.8) is 0 Å². The van der Waals surface area contributed by atoms with Gasteiger partial charge in [0.15, 0.2) is 5.82 Å². The maximum Gasteiger partial charge on any atom is 0.264 e. The first-order chi connectivity index (χ1) is 11.2. The smallest absolute Gasteiger partial charge is 0.264 e. The van der Waals surface area contributed by atoms with Crippen molar-refractivity contribution in [2.75, 3.05) is 42.9 Å². The molecule has 23 heavy (non-hydrogen) atoms. The standard InChI is InChI=1S/C15H18ClN5OS/c1-2-17-13-5-6-14(19-18-13)20-7-9-21(10-8-20)15(22)11-3-4-12(16)23-11/h3-6H,2,7-10H2,1H3,(H,17,18). The van der Waals surface area contributed by atoms with E-state index in [4.69, 9.17) is 11.6 Å². The molecule has 0 aromatic carbocycles. The Labute approximate surface area is 144 Å². The number of carbonyl (C=O) groups is 1. The highest BCUT2D eigenvalue weighted by molar-refractivity contribution is 7.17. The number of halogens is 1. The molecule has 2 aromatic rings. The van der Waals surface area contributed by atoms with E-state index in [1.165, 1.54) is 11.3 Å². The summed E-state index contributed by atoms with van der Waals surface area (Å²) in [5, 5.41) is 11.5. The van der Waals surface area contributed by atoms with Crippen LogP contribution in [-0.4, -0.2) is 53.7 Å². The largest absolute Gasteiger partial charge is 0.369 e. The van der Waals surface area contributed by atoms with Crippen molar-refractivity contribution in [3.8, 4) is 0 Å². The number of hydrogen-bond donors (Lipinski definition) is 1. The second-order valence-corrected chi connectivity index (χ2v) is 6.91. The minimum atomic E-state index is 0.0510. The lowest BCUT2D eigenvalue weighted by atomic mass is 10.3. The van der Waals surface area contributed by atoms with Crippen LogP contribution in [0, 0.1) is 0 Å². The monoisotopic (exact) mass is 351 g/mol. The van der Waals surface area contributed by atoms with Gasteiger partial charge in [-0.1, -0.05) is 11.6 Å². The zero-order chi connectivity index (χ0) is 16.2. The summed E-state index contributed by atoms with van der Waals surface area (Å²) in [6, 6.07) is 7.43. The fourth-order valence-corrected chi connectivity index (χ4v) is 3.50. The first-order valence-electron chi connectivity index (χ1n) is 7.54. The molecule has 1 fully saturated rings. The minimum absolute atomic E-state index is 0.0510. The van der Waals surface area contributed by atoms with Crippen LogP contribution in [0.4, 0.5) is 11.6 Å². The van der Waals surface area contributed by atoms with E-state index >= 15 is 0 Å². The average Bonchev–Trinajstić information content (AvgIpc) is 3.02. The van der Waals surface area contributed by atoms with Gasteiger partial charge in [0.1, 0.15) is 5.82 Å². The third-order valence-electron chi connectivity index (χ3n) is 3.68. The number of carbonyl (C=O) groups excluding carboxylic acids is 1. The predicted molar refractivity (Wildman–Crippen MR) is 93.6 cm³/mol. The van der Waals surface area contributed by atoms with Crippen molar-refractivity contribution < 1.29 is 4.79 Å². The fraction of sp³-hybridized carbons (Fsp3) is 0.400. The van der Waals surface area contributed by atoms with Gasteiger partial charge in [-0.2, -0.15) is 0 Å². The molecule has 1 saturated heterocycles. The second-order valence-electron chi connectivity index (χ2n) is 5.19. The Balaban J connectivity index is 1.58. The van der Waals surface area contributed by atoms with Gasteiger partial charge in [0.25, 0.3) is 5.91 Å². The number of rotatable bonds is 4. The van der Waals surface area contributed by atoms with Gasteiger partial charge in [0.05, 0.1) is 9.21 Å². The summed E-state index contributed by atoms with van der Waals surface area (Å²) >= 11 is 7.23. The Morgan fingerprint density at radius 3 is 2.57 bits per heavy atom. The Kier molecular flexibility index (Phi) is 4.97. The third-order valence-corrected chi connectivity index (χ3v) is 4.90. The molecule has 0 saturated carbocycles.